The van der Waals surface area contributed by atoms with Gasteiger partial charge < -0.3 is 4.57 Å². The smallest absolute Gasteiger partial charge is 0.243 e. The number of nitrogens with one attached hydrogen (secondary N) is 1. The molecule has 0 saturated heterocycles. The van der Waals surface area contributed by atoms with Crippen LogP contribution in [0.2, 0.25) is 0 Å². The van der Waals surface area contributed by atoms with Gasteiger partial charge >= 0.3 is 0 Å². The summed E-state index contributed by atoms with van der Waals surface area (Å²) in [4.78, 5) is 3.73. The van der Waals surface area contributed by atoms with Crippen LogP contribution >= 0.6 is 0 Å². The second-order valence-electron chi connectivity index (χ2n) is 4.98. The van der Waals surface area contributed by atoms with Crippen LogP contribution in [-0.4, -0.2) is 18.0 Å². The molecule has 0 aliphatic rings. The minimum atomic E-state index is -4.11. The normalized spacial score (nSPS) is 12.0. The number of rotatable bonds is 4. The number of hydrogen-bond donors (Lipinski definition) is 1. The zero-order valence-electron chi connectivity index (χ0n) is 12.1. The number of benzene rings is 2. The Morgan fingerprint density at radius 2 is 1.91 bits per heavy atom. The molecule has 0 fully saturated rings. The maximum Gasteiger partial charge on any atom is 0.243 e. The van der Waals surface area contributed by atoms with Gasteiger partial charge in [-0.3, -0.25) is 0 Å². The van der Waals surface area contributed by atoms with Gasteiger partial charge in [-0.2, -0.15) is 0 Å². The first-order chi connectivity index (χ1) is 10.9. The Bertz CT molecular complexity index is 984. The summed E-state index contributed by atoms with van der Waals surface area (Å²) in [5, 5.41) is 0. The van der Waals surface area contributed by atoms with Crippen molar-refractivity contribution in [3.63, 3.8) is 0 Å². The van der Waals surface area contributed by atoms with Gasteiger partial charge in [0.15, 0.2) is 0 Å². The van der Waals surface area contributed by atoms with Crippen LogP contribution in [0.4, 0.5) is 8.78 Å². The average molecular weight is 337 g/mol. The predicted molar refractivity (Wildman–Crippen MR) is 81.1 cm³/mol. The summed E-state index contributed by atoms with van der Waals surface area (Å²) in [5.74, 6) is -1.49. The minimum Gasteiger partial charge on any atom is -0.330 e. The fourth-order valence-corrected chi connectivity index (χ4v) is 3.32. The summed E-state index contributed by atoms with van der Waals surface area (Å²) in [6.07, 6.45) is 0. The topological polar surface area (TPSA) is 64.0 Å². The number of sulfonamides is 1. The first-order valence-electron chi connectivity index (χ1n) is 6.73. The van der Waals surface area contributed by atoms with Crippen molar-refractivity contribution in [2.24, 2.45) is 7.05 Å². The van der Waals surface area contributed by atoms with Crippen LogP contribution in [0.1, 0.15) is 5.82 Å². The quantitative estimate of drug-likeness (QED) is 0.795. The van der Waals surface area contributed by atoms with Gasteiger partial charge in [0.2, 0.25) is 10.0 Å². The van der Waals surface area contributed by atoms with E-state index in [1.54, 1.807) is 11.6 Å². The van der Waals surface area contributed by atoms with Gasteiger partial charge in [0, 0.05) is 13.1 Å². The molecule has 0 amide bonds. The fraction of sp³-hybridized carbons (Fsp3) is 0.133. The fourth-order valence-electron chi connectivity index (χ4n) is 2.28. The molecule has 0 atom stereocenters. The number of aryl methyl sites for hydroxylation is 1. The predicted octanol–water partition coefficient (Wildman–Crippen LogP) is 2.33. The summed E-state index contributed by atoms with van der Waals surface area (Å²) in [7, 11) is -2.34. The number of fused-ring (bicyclic) bond motifs is 1. The molecule has 23 heavy (non-hydrogen) atoms. The van der Waals surface area contributed by atoms with Crippen molar-refractivity contribution in [2.45, 2.75) is 11.4 Å². The maximum atomic E-state index is 13.6. The minimum absolute atomic E-state index is 0.107. The van der Waals surface area contributed by atoms with Gasteiger partial charge in [0.05, 0.1) is 17.6 Å². The highest BCUT2D eigenvalue weighted by atomic mass is 32.2. The Kier molecular flexibility index (Phi) is 3.87. The molecule has 1 N–H and O–H groups in total. The van der Waals surface area contributed by atoms with Crippen LogP contribution < -0.4 is 4.72 Å². The molecule has 0 aliphatic carbocycles. The molecule has 5 nitrogen and oxygen atoms in total. The molecule has 0 unspecified atom stereocenters. The Labute approximate surface area is 131 Å². The number of halogens is 2. The third-order valence-corrected chi connectivity index (χ3v) is 4.92. The van der Waals surface area contributed by atoms with E-state index in [4.69, 9.17) is 0 Å². The molecule has 0 aliphatic heterocycles. The summed E-state index contributed by atoms with van der Waals surface area (Å²) in [5.41, 5.74) is 1.59. The van der Waals surface area contributed by atoms with E-state index in [9.17, 15) is 17.2 Å². The van der Waals surface area contributed by atoms with Crippen molar-refractivity contribution in [3.8, 4) is 0 Å². The highest BCUT2D eigenvalue weighted by Crippen LogP contribution is 2.17. The van der Waals surface area contributed by atoms with E-state index in [0.29, 0.717) is 11.9 Å². The van der Waals surface area contributed by atoms with Gasteiger partial charge in [-0.1, -0.05) is 12.1 Å². The lowest BCUT2D eigenvalue weighted by Gasteiger charge is -2.08. The molecule has 120 valence electrons. The lowest BCUT2D eigenvalue weighted by molar-refractivity contribution is 0.541. The van der Waals surface area contributed by atoms with E-state index in [2.05, 4.69) is 9.71 Å². The van der Waals surface area contributed by atoms with Crippen molar-refractivity contribution in [2.75, 3.05) is 0 Å². The number of nitrogens with zero attached hydrogens (tertiary/aromatic N) is 2. The number of aromatic nitrogens is 2. The van der Waals surface area contributed by atoms with Crippen LogP contribution in [0, 0.1) is 11.6 Å². The Morgan fingerprint density at radius 3 is 2.61 bits per heavy atom. The molecule has 1 heterocycles. The SMILES string of the molecule is Cn1c(CNS(=O)(=O)c2ccc(F)cc2F)nc2ccccc21. The Morgan fingerprint density at radius 1 is 1.17 bits per heavy atom. The van der Waals surface area contributed by atoms with Crippen LogP contribution in [0.3, 0.4) is 0 Å². The number of para-hydroxylation sites is 2. The van der Waals surface area contributed by atoms with Crippen molar-refractivity contribution in [1.29, 1.82) is 0 Å². The third-order valence-electron chi connectivity index (χ3n) is 3.48. The Balaban J connectivity index is 1.87. The molecule has 3 rings (SSSR count). The molecule has 8 heteroatoms. The zero-order valence-corrected chi connectivity index (χ0v) is 12.9. The molecule has 3 aromatic rings. The number of imidazole rings is 1. The first kappa shape index (κ1) is 15.6. The van der Waals surface area contributed by atoms with E-state index < -0.39 is 26.6 Å². The highest BCUT2D eigenvalue weighted by molar-refractivity contribution is 7.89. The first-order valence-corrected chi connectivity index (χ1v) is 8.22. The van der Waals surface area contributed by atoms with Crippen molar-refractivity contribution in [3.05, 3.63) is 59.9 Å². The van der Waals surface area contributed by atoms with Gasteiger partial charge in [-0.05, 0) is 24.3 Å². The molecular weight excluding hydrogens is 324 g/mol. The van der Waals surface area contributed by atoms with Crippen molar-refractivity contribution < 1.29 is 17.2 Å². The molecular formula is C15H13F2N3O2S. The molecule has 2 aromatic carbocycles. The average Bonchev–Trinajstić information content (AvgIpc) is 2.82. The molecule has 0 saturated carbocycles. The van der Waals surface area contributed by atoms with Crippen LogP contribution in [-0.2, 0) is 23.6 Å². The summed E-state index contributed by atoms with van der Waals surface area (Å²) in [6, 6.07) is 9.67. The lowest BCUT2D eigenvalue weighted by Crippen LogP contribution is -2.25. The summed E-state index contributed by atoms with van der Waals surface area (Å²) < 4.78 is 54.9. The second-order valence-corrected chi connectivity index (χ2v) is 6.71. The standard InChI is InChI=1S/C15H13F2N3O2S/c1-20-13-5-3-2-4-12(13)19-15(20)9-18-23(21,22)14-7-6-10(16)8-11(14)17/h2-8,18H,9H2,1H3. The van der Waals surface area contributed by atoms with Gasteiger partial charge in [-0.15, -0.1) is 0 Å². The van der Waals surface area contributed by atoms with Crippen molar-refractivity contribution in [1.82, 2.24) is 14.3 Å². The highest BCUT2D eigenvalue weighted by Gasteiger charge is 2.20. The van der Waals surface area contributed by atoms with Gasteiger partial charge in [0.25, 0.3) is 0 Å². The second kappa shape index (κ2) is 5.71. The molecule has 0 radical (unpaired) electrons. The van der Waals surface area contributed by atoms with Crippen molar-refractivity contribution >= 4 is 21.1 Å². The summed E-state index contributed by atoms with van der Waals surface area (Å²) in [6.45, 7) is -0.107. The lowest BCUT2D eigenvalue weighted by atomic mass is 10.3. The van der Waals surface area contributed by atoms with Crippen LogP contribution in [0.5, 0.6) is 0 Å². The van der Waals surface area contributed by atoms with E-state index in [1.807, 2.05) is 24.3 Å². The van der Waals surface area contributed by atoms with E-state index >= 15 is 0 Å². The maximum absolute atomic E-state index is 13.6. The van der Waals surface area contributed by atoms with Crippen LogP contribution in [0.15, 0.2) is 47.4 Å². The zero-order chi connectivity index (χ0) is 16.6. The van der Waals surface area contributed by atoms with E-state index in [1.165, 1.54) is 0 Å². The third kappa shape index (κ3) is 2.95. The molecule has 0 spiro atoms. The van der Waals surface area contributed by atoms with E-state index in [0.717, 1.165) is 23.2 Å². The molecule has 0 bridgehead atoms. The Hall–Kier alpha value is -2.32. The van der Waals surface area contributed by atoms with Gasteiger partial charge in [-0.25, -0.2) is 26.9 Å². The number of hydrogen-bond acceptors (Lipinski definition) is 3. The molecule has 1 aromatic heterocycles. The monoisotopic (exact) mass is 337 g/mol. The largest absolute Gasteiger partial charge is 0.330 e. The van der Waals surface area contributed by atoms with Crippen LogP contribution in [0.25, 0.3) is 11.0 Å². The van der Waals surface area contributed by atoms with Gasteiger partial charge in [0.1, 0.15) is 22.4 Å². The van der Waals surface area contributed by atoms with E-state index in [-0.39, 0.29) is 6.54 Å². The summed E-state index contributed by atoms with van der Waals surface area (Å²) >= 11 is 0.